The van der Waals surface area contributed by atoms with Crippen molar-refractivity contribution in [2.45, 2.75) is 6.10 Å². The van der Waals surface area contributed by atoms with Gasteiger partial charge in [0.25, 0.3) is 0 Å². The lowest BCUT2D eigenvalue weighted by Crippen LogP contribution is -2.12. The Morgan fingerprint density at radius 1 is 1.67 bits per heavy atom. The summed E-state index contributed by atoms with van der Waals surface area (Å²) in [6.45, 7) is 1.57. The molecule has 3 heteroatoms. The number of aliphatic hydroxyl groups excluding tert-OH is 2. The van der Waals surface area contributed by atoms with Gasteiger partial charge in [0.2, 0.25) is 0 Å². The molecule has 36 valence electrons. The largest absolute Gasteiger partial charge is 0.389 e. The molecule has 0 heterocycles. The highest BCUT2D eigenvalue weighted by Gasteiger charge is 1.94. The molecule has 0 aliphatic carbocycles. The van der Waals surface area contributed by atoms with Crippen LogP contribution in [0.25, 0.3) is 0 Å². The van der Waals surface area contributed by atoms with Crippen molar-refractivity contribution in [1.29, 1.82) is 0 Å². The summed E-state index contributed by atoms with van der Waals surface area (Å²) in [5, 5.41) is 16.0. The van der Waals surface area contributed by atoms with Gasteiger partial charge in [-0.1, -0.05) is 0 Å². The lowest BCUT2D eigenvalue weighted by Gasteiger charge is -1.96. The van der Waals surface area contributed by atoms with Crippen molar-refractivity contribution in [2.24, 2.45) is 5.73 Å². The van der Waals surface area contributed by atoms with Gasteiger partial charge in [0, 0.05) is 0 Å². The van der Waals surface area contributed by atoms with Crippen LogP contribution in [0.15, 0.2) is 0 Å². The van der Waals surface area contributed by atoms with Crippen LogP contribution in [0, 0.1) is 13.2 Å². The minimum atomic E-state index is -0.981. The quantitative estimate of drug-likeness (QED) is 0.406. The van der Waals surface area contributed by atoms with Crippen LogP contribution in [0.2, 0.25) is 0 Å². The van der Waals surface area contributed by atoms with Crippen LogP contribution in [0.5, 0.6) is 0 Å². The van der Waals surface area contributed by atoms with Crippen LogP contribution in [0.1, 0.15) is 0 Å². The zero-order valence-corrected chi connectivity index (χ0v) is 3.20. The molecule has 0 aromatic carbocycles. The fourth-order valence-electron chi connectivity index (χ4n) is 0.0497. The van der Waals surface area contributed by atoms with Gasteiger partial charge >= 0.3 is 0 Å². The van der Waals surface area contributed by atoms with Crippen molar-refractivity contribution in [3.05, 3.63) is 13.2 Å². The van der Waals surface area contributed by atoms with Gasteiger partial charge in [0.05, 0.1) is 12.6 Å². The molecule has 0 saturated heterocycles. The second-order valence-corrected chi connectivity index (χ2v) is 0.832. The molecular weight excluding hydrogens is 82.0 g/mol. The van der Waals surface area contributed by atoms with Crippen LogP contribution in [0.4, 0.5) is 0 Å². The Kier molecular flexibility index (Phi) is 3.02. The molecule has 0 rings (SSSR count). The maximum Gasteiger partial charge on any atom is 0.110 e. The second kappa shape index (κ2) is 3.08. The molecule has 0 bridgehead atoms. The number of hydrogen-bond acceptors (Lipinski definition) is 3. The molecule has 0 amide bonds. The maximum absolute atomic E-state index is 8.18. The predicted molar refractivity (Wildman–Crippen MR) is 20.7 cm³/mol. The monoisotopic (exact) mass is 89.0 g/mol. The summed E-state index contributed by atoms with van der Waals surface area (Å²) in [6.07, 6.45) is -0.981. The molecule has 0 aliphatic rings. The van der Waals surface area contributed by atoms with Gasteiger partial charge in [-0.05, 0) is 0 Å². The zero-order chi connectivity index (χ0) is 4.99. The van der Waals surface area contributed by atoms with Gasteiger partial charge < -0.3 is 15.9 Å². The third-order valence-corrected chi connectivity index (χ3v) is 0.350. The number of rotatable bonds is 2. The normalized spacial score (nSPS) is 14.5. The van der Waals surface area contributed by atoms with E-state index < -0.39 is 6.10 Å². The van der Waals surface area contributed by atoms with Crippen LogP contribution in [-0.2, 0) is 0 Å². The van der Waals surface area contributed by atoms with Gasteiger partial charge in [0.15, 0.2) is 0 Å². The molecule has 0 aromatic rings. The third-order valence-electron chi connectivity index (χ3n) is 0.350. The topological polar surface area (TPSA) is 66.5 Å². The van der Waals surface area contributed by atoms with Crippen molar-refractivity contribution in [3.63, 3.8) is 0 Å². The van der Waals surface area contributed by atoms with E-state index in [-0.39, 0.29) is 0 Å². The lowest BCUT2D eigenvalue weighted by molar-refractivity contribution is 0.170. The van der Waals surface area contributed by atoms with Crippen molar-refractivity contribution < 1.29 is 10.2 Å². The minimum Gasteiger partial charge on any atom is -0.389 e. The van der Waals surface area contributed by atoms with E-state index in [1.807, 2.05) is 0 Å². The van der Waals surface area contributed by atoms with E-state index in [1.165, 1.54) is 0 Å². The molecule has 4 N–H and O–H groups in total. The summed E-state index contributed by atoms with van der Waals surface area (Å²) in [6, 6.07) is 0. The molecule has 0 spiro atoms. The van der Waals surface area contributed by atoms with E-state index in [1.54, 1.807) is 0 Å². The lowest BCUT2D eigenvalue weighted by atomic mass is 10.4. The maximum atomic E-state index is 8.18. The van der Waals surface area contributed by atoms with Crippen molar-refractivity contribution in [1.82, 2.24) is 0 Å². The Labute approximate surface area is 36.4 Å². The second-order valence-electron chi connectivity index (χ2n) is 0.832. The first kappa shape index (κ1) is 5.88. The smallest absolute Gasteiger partial charge is 0.110 e. The highest BCUT2D eigenvalue weighted by Crippen LogP contribution is 1.81. The summed E-state index contributed by atoms with van der Waals surface area (Å²) in [7, 11) is 0. The summed E-state index contributed by atoms with van der Waals surface area (Å²) >= 11 is 0. The third kappa shape index (κ3) is 2.14. The summed E-state index contributed by atoms with van der Waals surface area (Å²) in [5.74, 6) is 0. The first-order chi connectivity index (χ1) is 2.81. The van der Waals surface area contributed by atoms with Crippen LogP contribution in [0.3, 0.4) is 0 Å². The molecule has 6 heavy (non-hydrogen) atoms. The molecule has 3 nitrogen and oxygen atoms in total. The molecule has 0 aliphatic heterocycles. The Hall–Kier alpha value is -0.120. The number of hydrogen-bond donors (Lipinski definition) is 3. The first-order valence-electron chi connectivity index (χ1n) is 1.52. The van der Waals surface area contributed by atoms with E-state index in [0.29, 0.717) is 6.61 Å². The van der Waals surface area contributed by atoms with E-state index in [9.17, 15) is 0 Å². The Balaban J connectivity index is 2.75. The molecular formula is C3H7NO2. The van der Waals surface area contributed by atoms with Crippen molar-refractivity contribution in [2.75, 3.05) is 0 Å². The Morgan fingerprint density at radius 2 is 2.17 bits per heavy atom. The first-order valence-corrected chi connectivity index (χ1v) is 1.52. The van der Waals surface area contributed by atoms with Crippen molar-refractivity contribution >= 4 is 0 Å². The highest BCUT2D eigenvalue weighted by atomic mass is 16.3. The standard InChI is InChI=1S/C3H7NO2/c4-1-3(6)2-5/h1-3,5-6H,4H2. The van der Waals surface area contributed by atoms with Gasteiger partial charge in [-0.15, -0.1) is 0 Å². The fraction of sp³-hybridized carbons (Fsp3) is 0.333. The van der Waals surface area contributed by atoms with Crippen LogP contribution >= 0.6 is 0 Å². The molecule has 0 fully saturated rings. The van der Waals surface area contributed by atoms with Crippen LogP contribution < -0.4 is 5.73 Å². The van der Waals surface area contributed by atoms with E-state index in [2.05, 4.69) is 0 Å². The highest BCUT2D eigenvalue weighted by molar-refractivity contribution is 4.73. The predicted octanol–water partition coefficient (Wildman–Crippen LogP) is -0.998. The summed E-state index contributed by atoms with van der Waals surface area (Å²) in [5.41, 5.74) is 4.72. The molecule has 0 aromatic heterocycles. The average molecular weight is 89.1 g/mol. The van der Waals surface area contributed by atoms with E-state index >= 15 is 0 Å². The molecule has 1 unspecified atom stereocenters. The van der Waals surface area contributed by atoms with Gasteiger partial charge in [-0.25, -0.2) is 0 Å². The number of aliphatic hydroxyl groups is 2. The molecule has 1 atom stereocenters. The summed E-state index contributed by atoms with van der Waals surface area (Å²) in [4.78, 5) is 0. The van der Waals surface area contributed by atoms with E-state index in [4.69, 9.17) is 15.9 Å². The Bertz CT molecular complexity index is 28.0. The van der Waals surface area contributed by atoms with E-state index in [0.717, 1.165) is 6.54 Å². The van der Waals surface area contributed by atoms with Crippen LogP contribution in [-0.4, -0.2) is 16.3 Å². The number of nitrogens with two attached hydrogens (primary N) is 1. The summed E-state index contributed by atoms with van der Waals surface area (Å²) < 4.78 is 0. The average Bonchev–Trinajstić information content (AvgIpc) is 1.65. The SMILES string of the molecule is N[CH]C(O)[CH]O. The van der Waals surface area contributed by atoms with Crippen molar-refractivity contribution in [3.8, 4) is 0 Å². The fourth-order valence-corrected chi connectivity index (χ4v) is 0.0497. The molecule has 0 saturated carbocycles. The van der Waals surface area contributed by atoms with Gasteiger partial charge in [-0.3, -0.25) is 0 Å². The van der Waals surface area contributed by atoms with Gasteiger partial charge in [0.1, 0.15) is 6.61 Å². The molecule has 2 radical (unpaired) electrons. The Morgan fingerprint density at radius 3 is 2.17 bits per heavy atom. The van der Waals surface area contributed by atoms with Gasteiger partial charge in [-0.2, -0.15) is 0 Å². The minimum absolute atomic E-state index is 0.597. The zero-order valence-electron chi connectivity index (χ0n) is 3.20.